The van der Waals surface area contributed by atoms with E-state index in [1.54, 1.807) is 24.3 Å². The lowest BCUT2D eigenvalue weighted by Gasteiger charge is -2.06. The van der Waals surface area contributed by atoms with Crippen molar-refractivity contribution in [3.8, 4) is 0 Å². The van der Waals surface area contributed by atoms with Gasteiger partial charge in [0.05, 0.1) is 24.4 Å². The number of anilines is 1. The molecule has 0 radical (unpaired) electrons. The molecule has 0 aliphatic heterocycles. The number of amides is 1. The van der Waals surface area contributed by atoms with Gasteiger partial charge in [0.2, 0.25) is 5.91 Å². The van der Waals surface area contributed by atoms with Crippen LogP contribution in [0.4, 0.5) is 17.1 Å². The third-order valence-electron chi connectivity index (χ3n) is 4.46. The van der Waals surface area contributed by atoms with Gasteiger partial charge in [0.25, 0.3) is 0 Å². The van der Waals surface area contributed by atoms with Crippen LogP contribution in [0.5, 0.6) is 0 Å². The molecule has 0 fully saturated rings. The Kier molecular flexibility index (Phi) is 8.49. The Labute approximate surface area is 182 Å². The molecule has 158 valence electrons. The van der Waals surface area contributed by atoms with E-state index in [0.29, 0.717) is 18.0 Å². The zero-order valence-corrected chi connectivity index (χ0v) is 17.2. The smallest absolute Gasteiger partial charge is 0.306 e. The summed E-state index contributed by atoms with van der Waals surface area (Å²) in [6, 6.07) is 26.5. The van der Waals surface area contributed by atoms with E-state index in [0.717, 1.165) is 18.5 Å². The minimum atomic E-state index is -0.361. The van der Waals surface area contributed by atoms with Crippen LogP contribution in [-0.2, 0) is 20.7 Å². The van der Waals surface area contributed by atoms with Crippen LogP contribution in [0.25, 0.3) is 0 Å². The first-order chi connectivity index (χ1) is 15.2. The van der Waals surface area contributed by atoms with Gasteiger partial charge >= 0.3 is 5.97 Å². The SMILES string of the molecule is O=C(CCC(=O)OCCCc1ccccc1)Nc1ccc(N=Nc2ccccc2)cc1. The van der Waals surface area contributed by atoms with Crippen LogP contribution >= 0.6 is 0 Å². The Morgan fingerprint density at radius 2 is 1.35 bits per heavy atom. The molecule has 0 aliphatic rings. The van der Waals surface area contributed by atoms with Crippen molar-refractivity contribution in [1.82, 2.24) is 0 Å². The zero-order valence-electron chi connectivity index (χ0n) is 17.2. The fourth-order valence-corrected chi connectivity index (χ4v) is 2.84. The van der Waals surface area contributed by atoms with Crippen molar-refractivity contribution in [3.05, 3.63) is 90.5 Å². The molecule has 1 amide bonds. The number of azo groups is 1. The molecule has 0 bridgehead atoms. The molecule has 0 aromatic heterocycles. The van der Waals surface area contributed by atoms with E-state index >= 15 is 0 Å². The third-order valence-corrected chi connectivity index (χ3v) is 4.46. The van der Waals surface area contributed by atoms with Gasteiger partial charge in [0, 0.05) is 12.1 Å². The summed E-state index contributed by atoms with van der Waals surface area (Å²) in [5.41, 5.74) is 3.30. The van der Waals surface area contributed by atoms with Crippen molar-refractivity contribution in [2.24, 2.45) is 10.2 Å². The highest BCUT2D eigenvalue weighted by Gasteiger charge is 2.08. The fourth-order valence-electron chi connectivity index (χ4n) is 2.84. The van der Waals surface area contributed by atoms with Crippen LogP contribution in [0.3, 0.4) is 0 Å². The van der Waals surface area contributed by atoms with Crippen LogP contribution in [0.1, 0.15) is 24.8 Å². The molecule has 31 heavy (non-hydrogen) atoms. The number of esters is 1. The van der Waals surface area contributed by atoms with Crippen LogP contribution < -0.4 is 5.32 Å². The molecule has 3 rings (SSSR count). The van der Waals surface area contributed by atoms with E-state index in [-0.39, 0.29) is 24.7 Å². The molecule has 1 N–H and O–H groups in total. The maximum Gasteiger partial charge on any atom is 0.306 e. The topological polar surface area (TPSA) is 80.1 Å². The van der Waals surface area contributed by atoms with Crippen molar-refractivity contribution < 1.29 is 14.3 Å². The van der Waals surface area contributed by atoms with E-state index in [1.807, 2.05) is 60.7 Å². The molecule has 6 heteroatoms. The minimum absolute atomic E-state index is 0.0561. The Balaban J connectivity index is 1.33. The number of carbonyl (C=O) groups is 2. The Hall–Kier alpha value is -3.80. The van der Waals surface area contributed by atoms with Crippen LogP contribution in [0, 0.1) is 0 Å². The van der Waals surface area contributed by atoms with Gasteiger partial charge in [-0.25, -0.2) is 0 Å². The molecule has 0 aliphatic carbocycles. The predicted molar refractivity (Wildman–Crippen MR) is 121 cm³/mol. The number of ether oxygens (including phenoxy) is 1. The normalized spacial score (nSPS) is 10.7. The molecule has 0 heterocycles. The van der Waals surface area contributed by atoms with E-state index < -0.39 is 0 Å². The first-order valence-electron chi connectivity index (χ1n) is 10.3. The number of rotatable bonds is 10. The quantitative estimate of drug-likeness (QED) is 0.251. The average Bonchev–Trinajstić information content (AvgIpc) is 2.81. The van der Waals surface area contributed by atoms with E-state index in [4.69, 9.17) is 4.74 Å². The molecular weight excluding hydrogens is 390 g/mol. The second kappa shape index (κ2) is 12.0. The summed E-state index contributed by atoms with van der Waals surface area (Å²) in [7, 11) is 0. The maximum atomic E-state index is 12.1. The largest absolute Gasteiger partial charge is 0.466 e. The fraction of sp³-hybridized carbons (Fsp3) is 0.200. The minimum Gasteiger partial charge on any atom is -0.466 e. The van der Waals surface area contributed by atoms with Crippen LogP contribution in [-0.4, -0.2) is 18.5 Å². The molecule has 3 aromatic rings. The molecule has 0 saturated carbocycles. The summed E-state index contributed by atoms with van der Waals surface area (Å²) in [4.78, 5) is 23.9. The molecular formula is C25H25N3O3. The highest BCUT2D eigenvalue weighted by atomic mass is 16.5. The van der Waals surface area contributed by atoms with Gasteiger partial charge in [0.1, 0.15) is 0 Å². The second-order valence-electron chi connectivity index (χ2n) is 6.94. The van der Waals surface area contributed by atoms with Crippen molar-refractivity contribution in [2.75, 3.05) is 11.9 Å². The maximum absolute atomic E-state index is 12.1. The lowest BCUT2D eigenvalue weighted by Crippen LogP contribution is -2.15. The van der Waals surface area contributed by atoms with Gasteiger partial charge < -0.3 is 10.1 Å². The number of nitrogens with one attached hydrogen (secondary N) is 1. The van der Waals surface area contributed by atoms with Gasteiger partial charge in [0.15, 0.2) is 0 Å². The summed E-state index contributed by atoms with van der Waals surface area (Å²) >= 11 is 0. The number of hydrogen-bond donors (Lipinski definition) is 1. The lowest BCUT2D eigenvalue weighted by atomic mass is 10.1. The van der Waals surface area contributed by atoms with Gasteiger partial charge in [-0.1, -0.05) is 48.5 Å². The van der Waals surface area contributed by atoms with Crippen LogP contribution in [0.15, 0.2) is 95.2 Å². The van der Waals surface area contributed by atoms with Crippen LogP contribution in [0.2, 0.25) is 0 Å². The van der Waals surface area contributed by atoms with Crippen molar-refractivity contribution in [3.63, 3.8) is 0 Å². The van der Waals surface area contributed by atoms with Crippen molar-refractivity contribution >= 4 is 28.9 Å². The monoisotopic (exact) mass is 415 g/mol. The standard InChI is InChI=1S/C25H25N3O3/c29-24(17-18-25(30)31-19-7-10-20-8-3-1-4-9-20)26-21-13-15-23(16-14-21)28-27-22-11-5-2-6-12-22/h1-6,8-9,11-16H,7,10,17-19H2,(H,26,29). The number of hydrogen-bond acceptors (Lipinski definition) is 5. The molecule has 0 atom stereocenters. The predicted octanol–water partition coefficient (Wildman–Crippen LogP) is 6.00. The number of benzene rings is 3. The molecule has 0 saturated heterocycles. The van der Waals surface area contributed by atoms with Crippen molar-refractivity contribution in [1.29, 1.82) is 0 Å². The Bertz CT molecular complexity index is 988. The molecule has 0 spiro atoms. The van der Waals surface area contributed by atoms with Crippen molar-refractivity contribution in [2.45, 2.75) is 25.7 Å². The van der Waals surface area contributed by atoms with Gasteiger partial charge in [-0.05, 0) is 54.8 Å². The number of aryl methyl sites for hydroxylation is 1. The summed E-state index contributed by atoms with van der Waals surface area (Å²) in [5, 5.41) is 11.1. The van der Waals surface area contributed by atoms with E-state index in [2.05, 4.69) is 15.5 Å². The van der Waals surface area contributed by atoms with E-state index in [1.165, 1.54) is 5.56 Å². The average molecular weight is 415 g/mol. The summed E-state index contributed by atoms with van der Waals surface area (Å²) < 4.78 is 5.20. The number of nitrogens with zero attached hydrogens (tertiary/aromatic N) is 2. The Morgan fingerprint density at radius 1 is 0.742 bits per heavy atom. The van der Waals surface area contributed by atoms with E-state index in [9.17, 15) is 9.59 Å². The molecule has 0 unspecified atom stereocenters. The summed E-state index contributed by atoms with van der Waals surface area (Å²) in [6.45, 7) is 0.355. The highest BCUT2D eigenvalue weighted by Crippen LogP contribution is 2.20. The van der Waals surface area contributed by atoms with Gasteiger partial charge in [-0.15, -0.1) is 0 Å². The third kappa shape index (κ3) is 8.22. The zero-order chi connectivity index (χ0) is 21.7. The first-order valence-corrected chi connectivity index (χ1v) is 10.3. The lowest BCUT2D eigenvalue weighted by molar-refractivity contribution is -0.144. The number of carbonyl (C=O) groups excluding carboxylic acids is 2. The molecule has 6 nitrogen and oxygen atoms in total. The first kappa shape index (κ1) is 21.9. The molecule has 3 aromatic carbocycles. The van der Waals surface area contributed by atoms with Gasteiger partial charge in [-0.2, -0.15) is 10.2 Å². The Morgan fingerprint density at radius 3 is 2.03 bits per heavy atom. The second-order valence-corrected chi connectivity index (χ2v) is 6.94. The van der Waals surface area contributed by atoms with Gasteiger partial charge in [-0.3, -0.25) is 9.59 Å². The summed E-state index contributed by atoms with van der Waals surface area (Å²) in [5.74, 6) is -0.597. The summed E-state index contributed by atoms with van der Waals surface area (Å²) in [6.07, 6.45) is 1.75. The highest BCUT2D eigenvalue weighted by molar-refractivity contribution is 5.92.